The molecule has 0 bridgehead atoms. The standard InChI is InChI=1S/C17H25ClN2O/c1-11(2)14-8-12(9-15(18)19-14)16(21)20-7-6-13(10-20)17(3,4)5/h8-9,11,13H,6-7,10H2,1-5H3. The van der Waals surface area contributed by atoms with E-state index in [9.17, 15) is 4.79 Å². The SMILES string of the molecule is CC(C)c1cc(C(=O)N2CCC(C(C)(C)C)C2)cc(Cl)n1. The van der Waals surface area contributed by atoms with Crippen LogP contribution in [-0.2, 0) is 0 Å². The Labute approximate surface area is 132 Å². The molecule has 116 valence electrons. The molecule has 1 atom stereocenters. The zero-order valence-electron chi connectivity index (χ0n) is 13.6. The van der Waals surface area contributed by atoms with Crippen LogP contribution in [0.25, 0.3) is 0 Å². The monoisotopic (exact) mass is 308 g/mol. The number of pyridine rings is 1. The zero-order chi connectivity index (χ0) is 15.8. The van der Waals surface area contributed by atoms with Crippen LogP contribution in [0.15, 0.2) is 12.1 Å². The van der Waals surface area contributed by atoms with Crippen molar-refractivity contribution in [2.24, 2.45) is 11.3 Å². The number of rotatable bonds is 2. The molecule has 0 spiro atoms. The van der Waals surface area contributed by atoms with Crippen LogP contribution < -0.4 is 0 Å². The smallest absolute Gasteiger partial charge is 0.254 e. The summed E-state index contributed by atoms with van der Waals surface area (Å²) < 4.78 is 0. The Morgan fingerprint density at radius 1 is 1.38 bits per heavy atom. The molecular formula is C17H25ClN2O. The second-order valence-corrected chi connectivity index (χ2v) is 7.75. The molecule has 1 aromatic rings. The molecule has 1 aromatic heterocycles. The molecule has 1 aliphatic rings. The van der Waals surface area contributed by atoms with E-state index in [0.717, 1.165) is 25.2 Å². The van der Waals surface area contributed by atoms with Gasteiger partial charge in [-0.15, -0.1) is 0 Å². The minimum atomic E-state index is 0.0768. The summed E-state index contributed by atoms with van der Waals surface area (Å²) >= 11 is 6.06. The minimum Gasteiger partial charge on any atom is -0.338 e. The first-order valence-electron chi connectivity index (χ1n) is 7.65. The summed E-state index contributed by atoms with van der Waals surface area (Å²) in [5.74, 6) is 0.896. The number of likely N-dealkylation sites (tertiary alicyclic amines) is 1. The minimum absolute atomic E-state index is 0.0768. The fourth-order valence-electron chi connectivity index (χ4n) is 2.77. The van der Waals surface area contributed by atoms with Crippen LogP contribution in [0.2, 0.25) is 5.15 Å². The molecule has 0 radical (unpaired) electrons. The molecule has 4 heteroatoms. The maximum Gasteiger partial charge on any atom is 0.254 e. The molecule has 1 saturated heterocycles. The second-order valence-electron chi connectivity index (χ2n) is 7.36. The zero-order valence-corrected chi connectivity index (χ0v) is 14.4. The Bertz CT molecular complexity index is 534. The van der Waals surface area contributed by atoms with Gasteiger partial charge in [0.25, 0.3) is 5.91 Å². The molecule has 0 aromatic carbocycles. The predicted molar refractivity (Wildman–Crippen MR) is 86.8 cm³/mol. The van der Waals surface area contributed by atoms with E-state index in [-0.39, 0.29) is 17.2 Å². The van der Waals surface area contributed by atoms with Gasteiger partial charge in [0.05, 0.1) is 0 Å². The molecule has 1 aliphatic heterocycles. The van der Waals surface area contributed by atoms with Gasteiger partial charge in [-0.25, -0.2) is 4.98 Å². The van der Waals surface area contributed by atoms with E-state index in [4.69, 9.17) is 11.6 Å². The van der Waals surface area contributed by atoms with Gasteiger partial charge in [-0.2, -0.15) is 0 Å². The van der Waals surface area contributed by atoms with Crippen molar-refractivity contribution in [1.82, 2.24) is 9.88 Å². The number of carbonyl (C=O) groups is 1. The van der Waals surface area contributed by atoms with Crippen molar-refractivity contribution in [2.45, 2.75) is 47.0 Å². The van der Waals surface area contributed by atoms with Crippen molar-refractivity contribution < 1.29 is 4.79 Å². The summed E-state index contributed by atoms with van der Waals surface area (Å²) in [6.45, 7) is 12.5. The van der Waals surface area contributed by atoms with E-state index in [0.29, 0.717) is 16.6 Å². The molecule has 0 aliphatic carbocycles. The second kappa shape index (κ2) is 5.96. The van der Waals surface area contributed by atoms with E-state index in [1.807, 2.05) is 11.0 Å². The van der Waals surface area contributed by atoms with Crippen molar-refractivity contribution in [3.63, 3.8) is 0 Å². The third kappa shape index (κ3) is 3.76. The van der Waals surface area contributed by atoms with Crippen LogP contribution in [0.4, 0.5) is 0 Å². The summed E-state index contributed by atoms with van der Waals surface area (Å²) in [7, 11) is 0. The molecule has 0 saturated carbocycles. The topological polar surface area (TPSA) is 33.2 Å². The highest BCUT2D eigenvalue weighted by atomic mass is 35.5. The largest absolute Gasteiger partial charge is 0.338 e. The summed E-state index contributed by atoms with van der Waals surface area (Å²) in [6.07, 6.45) is 1.07. The predicted octanol–water partition coefficient (Wildman–Crippen LogP) is 4.37. The van der Waals surface area contributed by atoms with Crippen molar-refractivity contribution in [1.29, 1.82) is 0 Å². The summed E-state index contributed by atoms with van der Waals surface area (Å²) in [4.78, 5) is 18.9. The Morgan fingerprint density at radius 3 is 2.57 bits per heavy atom. The average molecular weight is 309 g/mol. The highest BCUT2D eigenvalue weighted by Crippen LogP contribution is 2.34. The first-order chi connectivity index (χ1) is 9.68. The van der Waals surface area contributed by atoms with Gasteiger partial charge in [0.2, 0.25) is 0 Å². The van der Waals surface area contributed by atoms with Gasteiger partial charge < -0.3 is 4.90 Å². The van der Waals surface area contributed by atoms with Crippen molar-refractivity contribution >= 4 is 17.5 Å². The van der Waals surface area contributed by atoms with E-state index in [1.165, 1.54) is 0 Å². The maximum atomic E-state index is 12.7. The van der Waals surface area contributed by atoms with E-state index < -0.39 is 0 Å². The molecule has 1 fully saturated rings. The van der Waals surface area contributed by atoms with Gasteiger partial charge in [0, 0.05) is 24.3 Å². The maximum absolute atomic E-state index is 12.7. The van der Waals surface area contributed by atoms with Crippen molar-refractivity contribution in [3.8, 4) is 0 Å². The quantitative estimate of drug-likeness (QED) is 0.760. The van der Waals surface area contributed by atoms with E-state index in [2.05, 4.69) is 39.6 Å². The fourth-order valence-corrected chi connectivity index (χ4v) is 2.99. The lowest BCUT2D eigenvalue weighted by atomic mass is 9.80. The highest BCUT2D eigenvalue weighted by molar-refractivity contribution is 6.29. The molecule has 1 amide bonds. The lowest BCUT2D eigenvalue weighted by molar-refractivity contribution is 0.0776. The fraction of sp³-hybridized carbons (Fsp3) is 0.647. The number of nitrogens with zero attached hydrogens (tertiary/aromatic N) is 2. The van der Waals surface area contributed by atoms with Gasteiger partial charge in [-0.3, -0.25) is 4.79 Å². The van der Waals surface area contributed by atoms with Crippen LogP contribution in [0.5, 0.6) is 0 Å². The van der Waals surface area contributed by atoms with Crippen molar-refractivity contribution in [3.05, 3.63) is 28.5 Å². The number of halogens is 1. The lowest BCUT2D eigenvalue weighted by Gasteiger charge is -2.27. The molecule has 1 unspecified atom stereocenters. The number of hydrogen-bond acceptors (Lipinski definition) is 2. The van der Waals surface area contributed by atoms with Gasteiger partial charge in [-0.1, -0.05) is 46.2 Å². The molecule has 2 heterocycles. The van der Waals surface area contributed by atoms with Gasteiger partial charge >= 0.3 is 0 Å². The first kappa shape index (κ1) is 16.3. The summed E-state index contributed by atoms with van der Waals surface area (Å²) in [6, 6.07) is 3.56. The van der Waals surface area contributed by atoms with Crippen LogP contribution in [0.1, 0.15) is 63.0 Å². The first-order valence-corrected chi connectivity index (χ1v) is 8.03. The number of aromatic nitrogens is 1. The van der Waals surface area contributed by atoms with Crippen LogP contribution in [0, 0.1) is 11.3 Å². The molecule has 21 heavy (non-hydrogen) atoms. The third-order valence-electron chi connectivity index (χ3n) is 4.35. The van der Waals surface area contributed by atoms with E-state index in [1.54, 1.807) is 6.07 Å². The molecular weight excluding hydrogens is 284 g/mol. The van der Waals surface area contributed by atoms with Crippen molar-refractivity contribution in [2.75, 3.05) is 13.1 Å². The van der Waals surface area contributed by atoms with Crippen LogP contribution in [0.3, 0.4) is 0 Å². The molecule has 2 rings (SSSR count). The number of hydrogen-bond donors (Lipinski definition) is 0. The number of amides is 1. The Balaban J connectivity index is 2.18. The van der Waals surface area contributed by atoms with Gasteiger partial charge in [0.1, 0.15) is 5.15 Å². The molecule has 0 N–H and O–H groups in total. The summed E-state index contributed by atoms with van der Waals surface area (Å²) in [5.41, 5.74) is 1.78. The van der Waals surface area contributed by atoms with Gasteiger partial charge in [0.15, 0.2) is 0 Å². The Hall–Kier alpha value is -1.09. The summed E-state index contributed by atoms with van der Waals surface area (Å²) in [5, 5.41) is 0.399. The normalized spacial score (nSPS) is 19.4. The Morgan fingerprint density at radius 2 is 2.05 bits per heavy atom. The van der Waals surface area contributed by atoms with Gasteiger partial charge in [-0.05, 0) is 35.8 Å². The third-order valence-corrected chi connectivity index (χ3v) is 4.55. The highest BCUT2D eigenvalue weighted by Gasteiger charge is 2.34. The molecule has 3 nitrogen and oxygen atoms in total. The van der Waals surface area contributed by atoms with Crippen LogP contribution in [-0.4, -0.2) is 28.9 Å². The number of carbonyl (C=O) groups excluding carboxylic acids is 1. The van der Waals surface area contributed by atoms with Crippen LogP contribution >= 0.6 is 11.6 Å². The van der Waals surface area contributed by atoms with E-state index >= 15 is 0 Å². The lowest BCUT2D eigenvalue weighted by Crippen LogP contribution is -2.31. The average Bonchev–Trinajstić information content (AvgIpc) is 2.86. The Kier molecular flexibility index (Phi) is 4.62.